The summed E-state index contributed by atoms with van der Waals surface area (Å²) >= 11 is 0. The third-order valence-corrected chi connectivity index (χ3v) is 10.2. The molecule has 0 aliphatic heterocycles. The zero-order valence-electron chi connectivity index (χ0n) is 27.9. The van der Waals surface area contributed by atoms with E-state index in [4.69, 9.17) is 19.4 Å². The van der Waals surface area contributed by atoms with Gasteiger partial charge >= 0.3 is 0 Å². The third kappa shape index (κ3) is 4.33. The van der Waals surface area contributed by atoms with Gasteiger partial charge in [0, 0.05) is 38.2 Å². The minimum Gasteiger partial charge on any atom is -0.454 e. The molecule has 0 saturated heterocycles. The molecular weight excluding hydrogens is 637 g/mol. The molecule has 8 aromatic carbocycles. The number of benzene rings is 8. The van der Waals surface area contributed by atoms with Crippen molar-refractivity contribution in [2.24, 2.45) is 0 Å². The molecule has 242 valence electrons. The number of nitrogens with zero attached hydrogens (tertiary/aromatic N) is 4. The Balaban J connectivity index is 1.18. The first kappa shape index (κ1) is 28.7. The van der Waals surface area contributed by atoms with Gasteiger partial charge in [-0.3, -0.25) is 0 Å². The summed E-state index contributed by atoms with van der Waals surface area (Å²) in [5, 5.41) is 8.92. The summed E-state index contributed by atoms with van der Waals surface area (Å²) in [6.45, 7) is 0. The Hall–Kier alpha value is -7.11. The van der Waals surface area contributed by atoms with Gasteiger partial charge in [0.15, 0.2) is 23.1 Å². The quantitative estimate of drug-likeness (QED) is 0.188. The lowest BCUT2D eigenvalue weighted by Crippen LogP contribution is -2.01. The first-order chi connectivity index (χ1) is 25.8. The summed E-state index contributed by atoms with van der Waals surface area (Å²) < 4.78 is 9.12. The topological polar surface area (TPSA) is 56.7 Å². The van der Waals surface area contributed by atoms with Gasteiger partial charge in [0.2, 0.25) is 0 Å². The second-order valence-electron chi connectivity index (χ2n) is 13.2. The highest BCUT2D eigenvalue weighted by atomic mass is 16.3. The molecule has 3 aromatic heterocycles. The van der Waals surface area contributed by atoms with Crippen LogP contribution < -0.4 is 0 Å². The van der Waals surface area contributed by atoms with Crippen molar-refractivity contribution in [2.45, 2.75) is 0 Å². The van der Waals surface area contributed by atoms with Crippen molar-refractivity contribution in [1.29, 1.82) is 0 Å². The van der Waals surface area contributed by atoms with Crippen molar-refractivity contribution in [1.82, 2.24) is 19.5 Å². The zero-order chi connectivity index (χ0) is 34.2. The minimum atomic E-state index is 0.594. The van der Waals surface area contributed by atoms with Gasteiger partial charge in [0.1, 0.15) is 5.58 Å². The Morgan fingerprint density at radius 2 is 0.981 bits per heavy atom. The van der Waals surface area contributed by atoms with E-state index in [1.807, 2.05) is 12.1 Å². The van der Waals surface area contributed by atoms with Gasteiger partial charge in [-0.05, 0) is 51.9 Å². The number of para-hydroxylation sites is 3. The van der Waals surface area contributed by atoms with Crippen LogP contribution >= 0.6 is 0 Å². The number of hydrogen-bond acceptors (Lipinski definition) is 4. The first-order valence-electron chi connectivity index (χ1n) is 17.5. The molecule has 0 radical (unpaired) electrons. The van der Waals surface area contributed by atoms with E-state index in [-0.39, 0.29) is 0 Å². The molecule has 11 rings (SSSR count). The third-order valence-electron chi connectivity index (χ3n) is 10.2. The Labute approximate surface area is 298 Å². The molecule has 0 bridgehead atoms. The predicted molar refractivity (Wildman–Crippen MR) is 213 cm³/mol. The molecule has 0 aliphatic carbocycles. The van der Waals surface area contributed by atoms with E-state index < -0.39 is 0 Å². The molecule has 0 spiro atoms. The fourth-order valence-corrected chi connectivity index (χ4v) is 7.87. The fraction of sp³-hybridized carbons (Fsp3) is 0. The summed E-state index contributed by atoms with van der Waals surface area (Å²) in [5.41, 5.74) is 7.63. The molecule has 0 unspecified atom stereocenters. The standard InChI is InChI=1S/C47H28N4O/c1-2-14-31-28-32(27-26-29(31)12-1)45-48-46(36-19-9-15-30-13-3-4-16-33(30)36)50-47(49-45)38-21-11-25-42-43(38)37-20-10-24-41(44(37)52-42)51-39-22-7-5-17-34(39)35-18-6-8-23-40(35)51/h1-28H. The monoisotopic (exact) mass is 664 g/mol. The lowest BCUT2D eigenvalue weighted by atomic mass is 10.0. The first-order valence-corrected chi connectivity index (χ1v) is 17.5. The van der Waals surface area contributed by atoms with Gasteiger partial charge in [0.05, 0.1) is 16.7 Å². The van der Waals surface area contributed by atoms with Crippen LogP contribution in [0.1, 0.15) is 0 Å². The number of hydrogen-bond donors (Lipinski definition) is 0. The largest absolute Gasteiger partial charge is 0.454 e. The average molecular weight is 665 g/mol. The van der Waals surface area contributed by atoms with E-state index >= 15 is 0 Å². The molecule has 0 amide bonds. The van der Waals surface area contributed by atoms with Crippen LogP contribution in [-0.2, 0) is 0 Å². The number of aromatic nitrogens is 4. The van der Waals surface area contributed by atoms with Gasteiger partial charge in [0.25, 0.3) is 0 Å². The van der Waals surface area contributed by atoms with E-state index in [0.29, 0.717) is 17.5 Å². The highest BCUT2D eigenvalue weighted by molar-refractivity contribution is 6.15. The maximum absolute atomic E-state index is 6.81. The van der Waals surface area contributed by atoms with Crippen molar-refractivity contribution in [3.63, 3.8) is 0 Å². The number of fused-ring (bicyclic) bond motifs is 8. The molecule has 0 aliphatic rings. The lowest BCUT2D eigenvalue weighted by Gasteiger charge is -2.11. The fourth-order valence-electron chi connectivity index (χ4n) is 7.87. The van der Waals surface area contributed by atoms with Gasteiger partial charge in [-0.1, -0.05) is 140 Å². The SMILES string of the molecule is c1ccc2cc(-c3nc(-c4cccc5ccccc45)nc(-c4cccc5oc6c(-n7c8ccccc8c8ccccc87)cccc6c45)n3)ccc2c1. The van der Waals surface area contributed by atoms with Gasteiger partial charge in [-0.2, -0.15) is 0 Å². The Morgan fingerprint density at radius 1 is 0.404 bits per heavy atom. The van der Waals surface area contributed by atoms with E-state index in [0.717, 1.165) is 71.5 Å². The maximum Gasteiger partial charge on any atom is 0.164 e. The predicted octanol–water partition coefficient (Wildman–Crippen LogP) is 12.2. The number of rotatable bonds is 4. The molecule has 5 heteroatoms. The zero-order valence-corrected chi connectivity index (χ0v) is 27.9. The molecule has 3 heterocycles. The van der Waals surface area contributed by atoms with Gasteiger partial charge in [-0.25, -0.2) is 15.0 Å². The number of furan rings is 1. The van der Waals surface area contributed by atoms with Crippen LogP contribution in [-0.4, -0.2) is 19.5 Å². The molecule has 0 fully saturated rings. The van der Waals surface area contributed by atoms with Crippen LogP contribution in [0.25, 0.3) is 105 Å². The van der Waals surface area contributed by atoms with Crippen molar-refractivity contribution in [3.05, 3.63) is 170 Å². The minimum absolute atomic E-state index is 0.594. The summed E-state index contributed by atoms with van der Waals surface area (Å²) in [6.07, 6.45) is 0. The molecular formula is C47H28N4O. The van der Waals surface area contributed by atoms with Gasteiger partial charge < -0.3 is 8.98 Å². The highest BCUT2D eigenvalue weighted by Gasteiger charge is 2.21. The van der Waals surface area contributed by atoms with Crippen molar-refractivity contribution < 1.29 is 4.42 Å². The summed E-state index contributed by atoms with van der Waals surface area (Å²) in [7, 11) is 0. The molecule has 11 aromatic rings. The molecule has 52 heavy (non-hydrogen) atoms. The van der Waals surface area contributed by atoms with E-state index in [2.05, 4.69) is 162 Å². The highest BCUT2D eigenvalue weighted by Crippen LogP contribution is 2.41. The normalized spacial score (nSPS) is 11.8. The summed E-state index contributed by atoms with van der Waals surface area (Å²) in [6, 6.07) is 59.1. The van der Waals surface area contributed by atoms with Gasteiger partial charge in [-0.15, -0.1) is 0 Å². The molecule has 0 atom stereocenters. The Morgan fingerprint density at radius 3 is 1.79 bits per heavy atom. The smallest absolute Gasteiger partial charge is 0.164 e. The van der Waals surface area contributed by atoms with Crippen LogP contribution in [0.2, 0.25) is 0 Å². The van der Waals surface area contributed by atoms with Crippen LogP contribution in [0.5, 0.6) is 0 Å². The molecule has 5 nitrogen and oxygen atoms in total. The second-order valence-corrected chi connectivity index (χ2v) is 13.2. The molecule has 0 N–H and O–H groups in total. The van der Waals surface area contributed by atoms with Crippen LogP contribution in [0, 0.1) is 0 Å². The Bertz CT molecular complexity index is 3150. The van der Waals surface area contributed by atoms with Crippen LogP contribution in [0.15, 0.2) is 174 Å². The molecule has 0 saturated carbocycles. The van der Waals surface area contributed by atoms with Crippen LogP contribution in [0.4, 0.5) is 0 Å². The van der Waals surface area contributed by atoms with Crippen molar-refractivity contribution in [2.75, 3.05) is 0 Å². The Kier molecular flexibility index (Phi) is 6.18. The van der Waals surface area contributed by atoms with Crippen LogP contribution in [0.3, 0.4) is 0 Å². The maximum atomic E-state index is 6.81. The van der Waals surface area contributed by atoms with E-state index in [1.165, 1.54) is 16.2 Å². The lowest BCUT2D eigenvalue weighted by molar-refractivity contribution is 0.666. The van der Waals surface area contributed by atoms with E-state index in [1.54, 1.807) is 0 Å². The van der Waals surface area contributed by atoms with Crippen molar-refractivity contribution in [3.8, 4) is 39.9 Å². The van der Waals surface area contributed by atoms with E-state index in [9.17, 15) is 0 Å². The summed E-state index contributed by atoms with van der Waals surface area (Å²) in [5.74, 6) is 1.84. The second kappa shape index (κ2) is 11.2. The summed E-state index contributed by atoms with van der Waals surface area (Å²) in [4.78, 5) is 15.6. The average Bonchev–Trinajstić information content (AvgIpc) is 3.76. The van der Waals surface area contributed by atoms with Crippen molar-refractivity contribution >= 4 is 65.3 Å².